The number of carbonyl (C=O) groups excluding carboxylic acids is 1. The van der Waals surface area contributed by atoms with E-state index in [9.17, 15) is 4.79 Å². The molecule has 2 heterocycles. The number of ether oxygens (including phenoxy) is 1. The highest BCUT2D eigenvalue weighted by molar-refractivity contribution is 5.77. The van der Waals surface area contributed by atoms with Crippen molar-refractivity contribution in [2.24, 2.45) is 0 Å². The van der Waals surface area contributed by atoms with Crippen molar-refractivity contribution in [1.82, 2.24) is 9.47 Å². The summed E-state index contributed by atoms with van der Waals surface area (Å²) in [7, 11) is 1.68. The molecular formula is C25H29N3O2. The highest BCUT2D eigenvalue weighted by atomic mass is 16.5. The second-order valence-electron chi connectivity index (χ2n) is 7.77. The highest BCUT2D eigenvalue weighted by Gasteiger charge is 2.25. The average molecular weight is 404 g/mol. The van der Waals surface area contributed by atoms with Crippen LogP contribution in [-0.2, 0) is 4.79 Å². The minimum Gasteiger partial charge on any atom is -0.497 e. The first-order valence-electron chi connectivity index (χ1n) is 10.5. The van der Waals surface area contributed by atoms with Gasteiger partial charge in [0.2, 0.25) is 5.91 Å². The third-order valence-corrected chi connectivity index (χ3v) is 5.97. The Hall–Kier alpha value is -3.21. The van der Waals surface area contributed by atoms with E-state index < -0.39 is 0 Å². The fourth-order valence-corrected chi connectivity index (χ4v) is 4.19. The summed E-state index contributed by atoms with van der Waals surface area (Å²) in [5, 5.41) is 0. The number of aromatic nitrogens is 1. The number of carbonyl (C=O) groups is 1. The molecule has 1 aliphatic rings. The molecule has 3 aromatic rings. The summed E-state index contributed by atoms with van der Waals surface area (Å²) in [6, 6.07) is 20.5. The lowest BCUT2D eigenvalue weighted by Gasteiger charge is -2.37. The number of nitrogens with zero attached hydrogens (tertiary/aromatic N) is 3. The van der Waals surface area contributed by atoms with Gasteiger partial charge in [-0.2, -0.15) is 0 Å². The molecule has 1 amide bonds. The van der Waals surface area contributed by atoms with Crippen LogP contribution in [0.25, 0.3) is 0 Å². The molecule has 1 aliphatic heterocycles. The second-order valence-corrected chi connectivity index (χ2v) is 7.77. The Labute approximate surface area is 178 Å². The van der Waals surface area contributed by atoms with Gasteiger partial charge < -0.3 is 19.1 Å². The maximum atomic E-state index is 13.2. The summed E-state index contributed by atoms with van der Waals surface area (Å²) in [4.78, 5) is 17.5. The standard InChI is InChI=1S/C25H29N3O2/c1-20-7-3-4-8-23(20)24(27-13-5-6-14-27)19-25(29)28-17-15-26(16-18-28)21-9-11-22(30-2)12-10-21/h3-14,24H,15-19H2,1-2H3. The van der Waals surface area contributed by atoms with Crippen molar-refractivity contribution in [3.05, 3.63) is 84.2 Å². The Balaban J connectivity index is 1.42. The van der Waals surface area contributed by atoms with Crippen molar-refractivity contribution in [3.63, 3.8) is 0 Å². The summed E-state index contributed by atoms with van der Waals surface area (Å²) < 4.78 is 7.39. The van der Waals surface area contributed by atoms with Gasteiger partial charge in [0.1, 0.15) is 5.75 Å². The van der Waals surface area contributed by atoms with Crippen LogP contribution in [-0.4, -0.2) is 48.7 Å². The maximum Gasteiger partial charge on any atom is 0.225 e. The van der Waals surface area contributed by atoms with Crippen molar-refractivity contribution in [2.75, 3.05) is 38.2 Å². The van der Waals surface area contributed by atoms with Gasteiger partial charge in [-0.25, -0.2) is 0 Å². The number of aryl methyl sites for hydroxylation is 1. The van der Waals surface area contributed by atoms with Crippen LogP contribution < -0.4 is 9.64 Å². The number of benzene rings is 2. The monoisotopic (exact) mass is 403 g/mol. The smallest absolute Gasteiger partial charge is 0.225 e. The molecule has 0 radical (unpaired) electrons. The quantitative estimate of drug-likeness (QED) is 0.621. The Morgan fingerprint density at radius 3 is 2.23 bits per heavy atom. The SMILES string of the molecule is COc1ccc(N2CCN(C(=O)CC(c3ccccc3C)n3cccc3)CC2)cc1. The minimum absolute atomic E-state index is 0.0216. The van der Waals surface area contributed by atoms with E-state index in [1.54, 1.807) is 7.11 Å². The highest BCUT2D eigenvalue weighted by Crippen LogP contribution is 2.27. The molecule has 1 aromatic heterocycles. The normalized spacial score (nSPS) is 15.1. The third kappa shape index (κ3) is 4.35. The number of hydrogen-bond donors (Lipinski definition) is 0. The number of rotatable bonds is 6. The topological polar surface area (TPSA) is 37.7 Å². The van der Waals surface area contributed by atoms with Crippen molar-refractivity contribution < 1.29 is 9.53 Å². The van der Waals surface area contributed by atoms with E-state index in [-0.39, 0.29) is 11.9 Å². The molecular weight excluding hydrogens is 374 g/mol. The molecule has 1 saturated heterocycles. The van der Waals surface area contributed by atoms with Crippen molar-refractivity contribution in [2.45, 2.75) is 19.4 Å². The molecule has 0 aliphatic carbocycles. The first kappa shape index (κ1) is 20.1. The summed E-state index contributed by atoms with van der Waals surface area (Å²) in [5.41, 5.74) is 3.60. The van der Waals surface area contributed by atoms with E-state index >= 15 is 0 Å². The van der Waals surface area contributed by atoms with Gasteiger partial charge in [0.25, 0.3) is 0 Å². The van der Waals surface area contributed by atoms with Gasteiger partial charge in [-0.15, -0.1) is 0 Å². The number of methoxy groups -OCH3 is 1. The van der Waals surface area contributed by atoms with Gasteiger partial charge in [0, 0.05) is 44.3 Å². The lowest BCUT2D eigenvalue weighted by atomic mass is 9.98. The Morgan fingerprint density at radius 2 is 1.60 bits per heavy atom. The third-order valence-electron chi connectivity index (χ3n) is 5.97. The fraction of sp³-hybridized carbons (Fsp3) is 0.320. The van der Waals surface area contributed by atoms with Crippen LogP contribution in [0.5, 0.6) is 5.75 Å². The zero-order valence-corrected chi connectivity index (χ0v) is 17.7. The van der Waals surface area contributed by atoms with Gasteiger partial charge in [0.05, 0.1) is 19.6 Å². The van der Waals surface area contributed by atoms with Crippen LogP contribution in [0.3, 0.4) is 0 Å². The molecule has 0 saturated carbocycles. The second kappa shape index (κ2) is 9.08. The lowest BCUT2D eigenvalue weighted by molar-refractivity contribution is -0.132. The van der Waals surface area contributed by atoms with Crippen LogP contribution >= 0.6 is 0 Å². The fourth-order valence-electron chi connectivity index (χ4n) is 4.19. The predicted molar refractivity (Wildman–Crippen MR) is 120 cm³/mol. The summed E-state index contributed by atoms with van der Waals surface area (Å²) in [6.45, 7) is 5.30. The molecule has 0 bridgehead atoms. The molecule has 30 heavy (non-hydrogen) atoms. The van der Waals surface area contributed by atoms with E-state index in [1.807, 2.05) is 47.6 Å². The molecule has 156 valence electrons. The number of piperazine rings is 1. The molecule has 0 spiro atoms. The Kier molecular flexibility index (Phi) is 6.07. The van der Waals surface area contributed by atoms with Gasteiger partial charge in [0.15, 0.2) is 0 Å². The van der Waals surface area contributed by atoms with E-state index in [2.05, 4.69) is 46.7 Å². The average Bonchev–Trinajstić information content (AvgIpc) is 3.33. The maximum absolute atomic E-state index is 13.2. The molecule has 1 fully saturated rings. The number of anilines is 1. The van der Waals surface area contributed by atoms with Crippen molar-refractivity contribution >= 4 is 11.6 Å². The first-order valence-corrected chi connectivity index (χ1v) is 10.5. The van der Waals surface area contributed by atoms with Gasteiger partial charge in [-0.1, -0.05) is 24.3 Å². The van der Waals surface area contributed by atoms with Crippen LogP contribution in [0.1, 0.15) is 23.6 Å². The van der Waals surface area contributed by atoms with Crippen molar-refractivity contribution in [3.8, 4) is 5.75 Å². The molecule has 5 heteroatoms. The molecule has 2 aromatic carbocycles. The summed E-state index contributed by atoms with van der Waals surface area (Å²) in [6.07, 6.45) is 4.57. The Morgan fingerprint density at radius 1 is 0.933 bits per heavy atom. The van der Waals surface area contributed by atoms with E-state index in [0.717, 1.165) is 31.9 Å². The largest absolute Gasteiger partial charge is 0.497 e. The number of amides is 1. The molecule has 0 N–H and O–H groups in total. The van der Waals surface area contributed by atoms with E-state index in [1.165, 1.54) is 16.8 Å². The van der Waals surface area contributed by atoms with E-state index in [4.69, 9.17) is 4.74 Å². The Bertz CT molecular complexity index is 958. The number of hydrogen-bond acceptors (Lipinski definition) is 3. The minimum atomic E-state index is 0.0216. The van der Waals surface area contributed by atoms with Gasteiger partial charge in [-0.05, 0) is 54.4 Å². The van der Waals surface area contributed by atoms with Crippen LogP contribution in [0, 0.1) is 6.92 Å². The summed E-state index contributed by atoms with van der Waals surface area (Å²) in [5.74, 6) is 1.08. The van der Waals surface area contributed by atoms with E-state index in [0.29, 0.717) is 6.42 Å². The van der Waals surface area contributed by atoms with Gasteiger partial charge >= 0.3 is 0 Å². The molecule has 4 rings (SSSR count). The molecule has 1 unspecified atom stereocenters. The van der Waals surface area contributed by atoms with Crippen LogP contribution in [0.2, 0.25) is 0 Å². The lowest BCUT2D eigenvalue weighted by Crippen LogP contribution is -2.49. The zero-order chi connectivity index (χ0) is 20.9. The predicted octanol–water partition coefficient (Wildman–Crippen LogP) is 4.13. The van der Waals surface area contributed by atoms with Crippen molar-refractivity contribution in [1.29, 1.82) is 0 Å². The molecule has 5 nitrogen and oxygen atoms in total. The van der Waals surface area contributed by atoms with Crippen LogP contribution in [0.4, 0.5) is 5.69 Å². The molecule has 1 atom stereocenters. The zero-order valence-electron chi connectivity index (χ0n) is 17.7. The van der Waals surface area contributed by atoms with Gasteiger partial charge in [-0.3, -0.25) is 4.79 Å². The first-order chi connectivity index (χ1) is 14.7. The van der Waals surface area contributed by atoms with Crippen LogP contribution in [0.15, 0.2) is 73.1 Å². The summed E-state index contributed by atoms with van der Waals surface area (Å²) >= 11 is 0.